The van der Waals surface area contributed by atoms with Crippen molar-refractivity contribution in [3.8, 4) is 5.75 Å². The van der Waals surface area contributed by atoms with Gasteiger partial charge in [-0.3, -0.25) is 9.59 Å². The summed E-state index contributed by atoms with van der Waals surface area (Å²) in [4.78, 5) is 35.9. The fraction of sp³-hybridized carbons (Fsp3) is 0.0556. The average Bonchev–Trinajstić information content (AvgIpc) is 2.62. The van der Waals surface area contributed by atoms with Crippen molar-refractivity contribution >= 4 is 39.0 Å². The topological polar surface area (TPSA) is 92.7 Å². The number of carbonyl (C=O) groups is 2. The predicted octanol–water partition coefficient (Wildman–Crippen LogP) is 3.01. The second-order valence-electron chi connectivity index (χ2n) is 5.14. The Morgan fingerprint density at radius 3 is 2.52 bits per heavy atom. The first-order valence-electron chi connectivity index (χ1n) is 7.26. The Kier molecular flexibility index (Phi) is 4.49. The molecule has 25 heavy (non-hydrogen) atoms. The van der Waals surface area contributed by atoms with Crippen LogP contribution in [0.2, 0.25) is 0 Å². The molecule has 2 N–H and O–H groups in total. The Labute approximate surface area is 146 Å². The Morgan fingerprint density at radius 1 is 1.12 bits per heavy atom. The van der Waals surface area contributed by atoms with Crippen LogP contribution >= 0.6 is 11.3 Å². The zero-order valence-corrected chi connectivity index (χ0v) is 13.9. The van der Waals surface area contributed by atoms with E-state index in [1.54, 1.807) is 42.5 Å². The number of nitrogens with one attached hydrogen (secondary N) is 1. The molecule has 0 bridgehead atoms. The van der Waals surface area contributed by atoms with Gasteiger partial charge in [0.2, 0.25) is 0 Å². The maximum Gasteiger partial charge on any atom is 0.346 e. The minimum Gasteiger partial charge on any atom is -0.506 e. The monoisotopic (exact) mass is 355 g/mol. The van der Waals surface area contributed by atoms with E-state index in [1.165, 1.54) is 6.07 Å². The number of esters is 1. The Morgan fingerprint density at radius 2 is 1.84 bits per heavy atom. The predicted molar refractivity (Wildman–Crippen MR) is 95.5 cm³/mol. The first-order chi connectivity index (χ1) is 12.0. The van der Waals surface area contributed by atoms with E-state index < -0.39 is 22.0 Å². The highest BCUT2D eigenvalue weighted by Crippen LogP contribution is 2.31. The van der Waals surface area contributed by atoms with Gasteiger partial charge in [-0.1, -0.05) is 29.5 Å². The summed E-state index contributed by atoms with van der Waals surface area (Å²) >= 11 is 0.821. The SMILES string of the molecule is COC(=O)c1c(O)c2cc(NC(=O)c3ccccc3)ccc2sc1=O. The lowest BCUT2D eigenvalue weighted by Gasteiger charge is -2.09. The van der Waals surface area contributed by atoms with Crippen molar-refractivity contribution in [1.82, 2.24) is 0 Å². The number of rotatable bonds is 3. The molecule has 0 fully saturated rings. The molecule has 1 heterocycles. The maximum absolute atomic E-state index is 12.2. The van der Waals surface area contributed by atoms with Gasteiger partial charge in [0.05, 0.1) is 7.11 Å². The molecule has 0 aliphatic heterocycles. The molecule has 0 radical (unpaired) electrons. The molecule has 6 nitrogen and oxygen atoms in total. The molecule has 1 amide bonds. The highest BCUT2D eigenvalue weighted by molar-refractivity contribution is 7.16. The second kappa shape index (κ2) is 6.74. The summed E-state index contributed by atoms with van der Waals surface area (Å²) in [6, 6.07) is 13.4. The first-order valence-corrected chi connectivity index (χ1v) is 8.07. The number of hydrogen-bond donors (Lipinski definition) is 2. The number of ether oxygens (including phenoxy) is 1. The van der Waals surface area contributed by atoms with Crippen LogP contribution in [0, 0.1) is 0 Å². The van der Waals surface area contributed by atoms with Crippen LogP contribution in [0.1, 0.15) is 20.7 Å². The van der Waals surface area contributed by atoms with Crippen LogP contribution in [0.3, 0.4) is 0 Å². The van der Waals surface area contributed by atoms with Gasteiger partial charge >= 0.3 is 5.97 Å². The Balaban J connectivity index is 2.03. The van der Waals surface area contributed by atoms with Gasteiger partial charge in [-0.15, -0.1) is 0 Å². The molecule has 0 aliphatic carbocycles. The van der Waals surface area contributed by atoms with E-state index in [0.29, 0.717) is 16.0 Å². The molecule has 0 saturated heterocycles. The van der Waals surface area contributed by atoms with Crippen LogP contribution in [0.25, 0.3) is 10.1 Å². The summed E-state index contributed by atoms with van der Waals surface area (Å²) in [5.74, 6) is -1.67. The maximum atomic E-state index is 12.2. The van der Waals surface area contributed by atoms with Crippen LogP contribution < -0.4 is 10.1 Å². The molecule has 0 saturated carbocycles. The zero-order chi connectivity index (χ0) is 18.0. The molecule has 1 aromatic heterocycles. The zero-order valence-electron chi connectivity index (χ0n) is 13.1. The summed E-state index contributed by atoms with van der Waals surface area (Å²) in [6.07, 6.45) is 0. The van der Waals surface area contributed by atoms with E-state index in [0.717, 1.165) is 18.4 Å². The van der Waals surface area contributed by atoms with Crippen molar-refractivity contribution in [1.29, 1.82) is 0 Å². The van der Waals surface area contributed by atoms with Crippen molar-refractivity contribution in [2.75, 3.05) is 12.4 Å². The van der Waals surface area contributed by atoms with Crippen molar-refractivity contribution in [2.45, 2.75) is 0 Å². The quantitative estimate of drug-likeness (QED) is 0.705. The van der Waals surface area contributed by atoms with E-state index in [2.05, 4.69) is 10.1 Å². The van der Waals surface area contributed by atoms with E-state index >= 15 is 0 Å². The van der Waals surface area contributed by atoms with Crippen molar-refractivity contribution in [3.05, 3.63) is 69.2 Å². The lowest BCUT2D eigenvalue weighted by molar-refractivity contribution is 0.0596. The smallest absolute Gasteiger partial charge is 0.346 e. The van der Waals surface area contributed by atoms with Crippen LogP contribution in [0.15, 0.2) is 53.3 Å². The molecule has 0 unspecified atom stereocenters. The van der Waals surface area contributed by atoms with E-state index in [4.69, 9.17) is 0 Å². The van der Waals surface area contributed by atoms with Crippen molar-refractivity contribution in [3.63, 3.8) is 0 Å². The molecule has 0 spiro atoms. The van der Waals surface area contributed by atoms with Crippen LogP contribution in [-0.2, 0) is 4.74 Å². The number of aromatic hydroxyl groups is 1. The Hall–Kier alpha value is -3.19. The van der Waals surface area contributed by atoms with Gasteiger partial charge in [-0.25, -0.2) is 4.79 Å². The number of methoxy groups -OCH3 is 1. The van der Waals surface area contributed by atoms with Gasteiger partial charge in [0.25, 0.3) is 10.6 Å². The molecule has 0 aliphatic rings. The van der Waals surface area contributed by atoms with Gasteiger partial charge in [0, 0.05) is 21.3 Å². The molecule has 126 valence electrons. The summed E-state index contributed by atoms with van der Waals surface area (Å²) in [7, 11) is 1.13. The van der Waals surface area contributed by atoms with Crippen LogP contribution in [0.4, 0.5) is 5.69 Å². The van der Waals surface area contributed by atoms with Crippen LogP contribution in [0.5, 0.6) is 5.75 Å². The minimum absolute atomic E-state index is 0.288. The highest BCUT2D eigenvalue weighted by atomic mass is 32.1. The molecule has 3 rings (SSSR count). The van der Waals surface area contributed by atoms with Gasteiger partial charge < -0.3 is 15.2 Å². The first kappa shape index (κ1) is 16.7. The fourth-order valence-electron chi connectivity index (χ4n) is 2.34. The lowest BCUT2D eigenvalue weighted by atomic mass is 10.1. The third-order valence-corrected chi connectivity index (χ3v) is 4.53. The number of benzene rings is 2. The highest BCUT2D eigenvalue weighted by Gasteiger charge is 2.20. The van der Waals surface area contributed by atoms with Gasteiger partial charge in [-0.2, -0.15) is 0 Å². The number of carbonyl (C=O) groups excluding carboxylic acids is 2. The van der Waals surface area contributed by atoms with Crippen LogP contribution in [-0.4, -0.2) is 24.1 Å². The third-order valence-electron chi connectivity index (χ3n) is 3.56. The molecule has 2 aromatic carbocycles. The van der Waals surface area contributed by atoms with Gasteiger partial charge in [0.15, 0.2) is 5.56 Å². The largest absolute Gasteiger partial charge is 0.506 e. The van der Waals surface area contributed by atoms with E-state index in [-0.39, 0.29) is 11.3 Å². The summed E-state index contributed by atoms with van der Waals surface area (Å²) in [5, 5.41) is 13.3. The van der Waals surface area contributed by atoms with Gasteiger partial charge in [0.1, 0.15) is 5.75 Å². The number of hydrogen-bond acceptors (Lipinski definition) is 6. The number of anilines is 1. The Bertz CT molecular complexity index is 1030. The second-order valence-corrected chi connectivity index (χ2v) is 6.15. The lowest BCUT2D eigenvalue weighted by Crippen LogP contribution is -2.14. The normalized spacial score (nSPS) is 10.4. The van der Waals surface area contributed by atoms with Gasteiger partial charge in [-0.05, 0) is 30.3 Å². The van der Waals surface area contributed by atoms with Crippen molar-refractivity contribution < 1.29 is 19.4 Å². The molecule has 7 heteroatoms. The molecular formula is C18H13NO5S. The minimum atomic E-state index is -0.903. The molecule has 0 atom stereocenters. The van der Waals surface area contributed by atoms with Crippen molar-refractivity contribution in [2.24, 2.45) is 0 Å². The average molecular weight is 355 g/mol. The standard InChI is InChI=1S/C18H13NO5S/c1-24-17(22)14-15(20)12-9-11(7-8-13(12)25-18(14)23)19-16(21)10-5-3-2-4-6-10/h2-9,20H,1H3,(H,19,21). The number of fused-ring (bicyclic) bond motifs is 1. The summed E-state index contributed by atoms with van der Waals surface area (Å²) in [5.41, 5.74) is 0.504. The third kappa shape index (κ3) is 3.22. The molecule has 3 aromatic rings. The number of amides is 1. The molecular weight excluding hydrogens is 342 g/mol. The van der Waals surface area contributed by atoms with E-state index in [1.807, 2.05) is 0 Å². The summed E-state index contributed by atoms with van der Waals surface area (Å²) < 4.78 is 4.45. The van der Waals surface area contributed by atoms with E-state index in [9.17, 15) is 19.5 Å². The fourth-order valence-corrected chi connectivity index (χ4v) is 3.22. The summed E-state index contributed by atoms with van der Waals surface area (Å²) in [6.45, 7) is 0.